The fraction of sp³-hybridized carbons (Fsp3) is 0.417. The Kier molecular flexibility index (Phi) is 3.54. The summed E-state index contributed by atoms with van der Waals surface area (Å²) in [5.74, 6) is 0.139. The van der Waals surface area contributed by atoms with Crippen LogP contribution in [0.2, 0.25) is 5.02 Å². The van der Waals surface area contributed by atoms with Gasteiger partial charge < -0.3 is 15.5 Å². The van der Waals surface area contributed by atoms with Crippen molar-refractivity contribution in [1.29, 1.82) is 0 Å². The van der Waals surface area contributed by atoms with Crippen molar-refractivity contribution in [3.8, 4) is 0 Å². The van der Waals surface area contributed by atoms with Crippen LogP contribution >= 0.6 is 11.6 Å². The van der Waals surface area contributed by atoms with Gasteiger partial charge in [-0.25, -0.2) is 0 Å². The Morgan fingerprint density at radius 3 is 2.65 bits per heavy atom. The molecule has 92 valence electrons. The van der Waals surface area contributed by atoms with Crippen molar-refractivity contribution in [2.45, 2.75) is 0 Å². The van der Waals surface area contributed by atoms with Gasteiger partial charge in [0.05, 0.1) is 16.6 Å². The second kappa shape index (κ2) is 4.94. The molecule has 1 fully saturated rings. The molecule has 2 N–H and O–H groups in total. The molecule has 2 rings (SSSR count). The summed E-state index contributed by atoms with van der Waals surface area (Å²) in [4.78, 5) is 13.7. The maximum Gasteiger partial charge on any atom is 0.230 e. The zero-order valence-electron chi connectivity index (χ0n) is 9.96. The Morgan fingerprint density at radius 1 is 1.47 bits per heavy atom. The predicted molar refractivity (Wildman–Crippen MR) is 70.8 cm³/mol. The largest absolute Gasteiger partial charge is 0.376 e. The summed E-state index contributed by atoms with van der Waals surface area (Å²) >= 11 is 6.13. The SMILES string of the molecule is CN(C)c1ccc(NC(=O)C2CNC2)cc1Cl. The molecule has 0 atom stereocenters. The molecule has 1 aromatic rings. The molecule has 1 heterocycles. The second-order valence-electron chi connectivity index (χ2n) is 4.41. The van der Waals surface area contributed by atoms with Gasteiger partial charge in [0, 0.05) is 32.9 Å². The van der Waals surface area contributed by atoms with Gasteiger partial charge in [0.1, 0.15) is 0 Å². The van der Waals surface area contributed by atoms with Crippen molar-refractivity contribution in [3.05, 3.63) is 23.2 Å². The third kappa shape index (κ3) is 2.70. The van der Waals surface area contributed by atoms with Crippen LogP contribution in [0.15, 0.2) is 18.2 Å². The van der Waals surface area contributed by atoms with Crippen LogP contribution in [0.3, 0.4) is 0 Å². The molecule has 1 amide bonds. The van der Waals surface area contributed by atoms with Gasteiger partial charge in [-0.05, 0) is 18.2 Å². The molecule has 5 heteroatoms. The van der Waals surface area contributed by atoms with E-state index in [-0.39, 0.29) is 11.8 Å². The minimum Gasteiger partial charge on any atom is -0.376 e. The van der Waals surface area contributed by atoms with E-state index in [1.54, 1.807) is 6.07 Å². The number of nitrogens with one attached hydrogen (secondary N) is 2. The Balaban J connectivity index is 2.06. The molecule has 0 spiro atoms. The maximum atomic E-state index is 11.7. The molecule has 0 aromatic heterocycles. The lowest BCUT2D eigenvalue weighted by molar-refractivity contribution is -0.121. The van der Waals surface area contributed by atoms with E-state index in [9.17, 15) is 4.79 Å². The molecule has 1 aliphatic heterocycles. The van der Waals surface area contributed by atoms with Crippen LogP contribution in [0.25, 0.3) is 0 Å². The average Bonchev–Trinajstić information content (AvgIpc) is 2.13. The Morgan fingerprint density at radius 2 is 2.18 bits per heavy atom. The molecule has 17 heavy (non-hydrogen) atoms. The van der Waals surface area contributed by atoms with Crippen molar-refractivity contribution in [2.24, 2.45) is 5.92 Å². The number of hydrogen-bond donors (Lipinski definition) is 2. The standard InChI is InChI=1S/C12H16ClN3O/c1-16(2)11-4-3-9(5-10(11)13)15-12(17)8-6-14-7-8/h3-5,8,14H,6-7H2,1-2H3,(H,15,17). The molecular formula is C12H16ClN3O. The topological polar surface area (TPSA) is 44.4 Å². The van der Waals surface area contributed by atoms with Crippen LogP contribution in [0.5, 0.6) is 0 Å². The lowest BCUT2D eigenvalue weighted by Gasteiger charge is -2.26. The number of hydrogen-bond acceptors (Lipinski definition) is 3. The highest BCUT2D eigenvalue weighted by Gasteiger charge is 2.24. The van der Waals surface area contributed by atoms with Crippen LogP contribution in [0.1, 0.15) is 0 Å². The first-order valence-electron chi connectivity index (χ1n) is 5.56. The van der Waals surface area contributed by atoms with E-state index in [1.165, 1.54) is 0 Å². The summed E-state index contributed by atoms with van der Waals surface area (Å²) in [5.41, 5.74) is 1.69. The first-order chi connectivity index (χ1) is 8.08. The number of benzene rings is 1. The van der Waals surface area contributed by atoms with Gasteiger partial charge in [0.2, 0.25) is 5.91 Å². The van der Waals surface area contributed by atoms with Gasteiger partial charge in [-0.15, -0.1) is 0 Å². The molecule has 0 radical (unpaired) electrons. The number of carbonyl (C=O) groups is 1. The molecule has 0 unspecified atom stereocenters. The van der Waals surface area contributed by atoms with Crippen LogP contribution in [0.4, 0.5) is 11.4 Å². The van der Waals surface area contributed by atoms with E-state index in [0.717, 1.165) is 24.5 Å². The van der Waals surface area contributed by atoms with Gasteiger partial charge in [0.25, 0.3) is 0 Å². The van der Waals surface area contributed by atoms with Crippen molar-refractivity contribution >= 4 is 28.9 Å². The zero-order chi connectivity index (χ0) is 12.4. The highest BCUT2D eigenvalue weighted by molar-refractivity contribution is 6.33. The summed E-state index contributed by atoms with van der Waals surface area (Å²) in [5, 5.41) is 6.58. The number of nitrogens with zero attached hydrogens (tertiary/aromatic N) is 1. The van der Waals surface area contributed by atoms with E-state index in [2.05, 4.69) is 10.6 Å². The number of anilines is 2. The fourth-order valence-electron chi connectivity index (χ4n) is 1.67. The molecule has 1 aromatic carbocycles. The molecular weight excluding hydrogens is 238 g/mol. The van der Waals surface area contributed by atoms with Crippen molar-refractivity contribution in [1.82, 2.24) is 5.32 Å². The van der Waals surface area contributed by atoms with Crippen LogP contribution in [-0.2, 0) is 4.79 Å². The molecule has 1 aliphatic rings. The Bertz CT molecular complexity index is 430. The third-order valence-corrected chi connectivity index (χ3v) is 3.15. The van der Waals surface area contributed by atoms with Gasteiger partial charge in [-0.1, -0.05) is 11.6 Å². The third-order valence-electron chi connectivity index (χ3n) is 2.85. The van der Waals surface area contributed by atoms with E-state index < -0.39 is 0 Å². The molecule has 0 aliphatic carbocycles. The minimum atomic E-state index is 0.0532. The van der Waals surface area contributed by atoms with E-state index >= 15 is 0 Å². The minimum absolute atomic E-state index is 0.0532. The predicted octanol–water partition coefficient (Wildman–Crippen LogP) is 1.56. The van der Waals surface area contributed by atoms with Crippen LogP contribution in [0, 0.1) is 5.92 Å². The summed E-state index contributed by atoms with van der Waals surface area (Å²) in [6.45, 7) is 1.52. The number of carbonyl (C=O) groups excluding carboxylic acids is 1. The second-order valence-corrected chi connectivity index (χ2v) is 4.81. The average molecular weight is 254 g/mol. The van der Waals surface area contributed by atoms with Crippen molar-refractivity contribution in [3.63, 3.8) is 0 Å². The molecule has 0 bridgehead atoms. The molecule has 1 saturated heterocycles. The summed E-state index contributed by atoms with van der Waals surface area (Å²) in [6, 6.07) is 5.54. The van der Waals surface area contributed by atoms with E-state index in [0.29, 0.717) is 5.02 Å². The highest BCUT2D eigenvalue weighted by Crippen LogP contribution is 2.27. The number of amides is 1. The lowest BCUT2D eigenvalue weighted by Crippen LogP contribution is -2.48. The van der Waals surface area contributed by atoms with Gasteiger partial charge >= 0.3 is 0 Å². The van der Waals surface area contributed by atoms with Gasteiger partial charge in [-0.2, -0.15) is 0 Å². The van der Waals surface area contributed by atoms with Gasteiger partial charge in [0.15, 0.2) is 0 Å². The van der Waals surface area contributed by atoms with Gasteiger partial charge in [-0.3, -0.25) is 4.79 Å². The summed E-state index contributed by atoms with van der Waals surface area (Å²) < 4.78 is 0. The first-order valence-corrected chi connectivity index (χ1v) is 5.94. The smallest absolute Gasteiger partial charge is 0.230 e. The maximum absolute atomic E-state index is 11.7. The number of rotatable bonds is 3. The van der Waals surface area contributed by atoms with Crippen LogP contribution in [-0.4, -0.2) is 33.1 Å². The lowest BCUT2D eigenvalue weighted by atomic mass is 10.0. The van der Waals surface area contributed by atoms with Crippen molar-refractivity contribution in [2.75, 3.05) is 37.4 Å². The molecule has 4 nitrogen and oxygen atoms in total. The Labute approximate surface area is 106 Å². The quantitative estimate of drug-likeness (QED) is 0.860. The monoisotopic (exact) mass is 253 g/mol. The van der Waals surface area contributed by atoms with Crippen LogP contribution < -0.4 is 15.5 Å². The van der Waals surface area contributed by atoms with Crippen molar-refractivity contribution < 1.29 is 4.79 Å². The normalized spacial score (nSPS) is 15.2. The first kappa shape index (κ1) is 12.2. The van der Waals surface area contributed by atoms with E-state index in [1.807, 2.05) is 31.1 Å². The fourth-order valence-corrected chi connectivity index (χ4v) is 2.02. The Hall–Kier alpha value is -1.26. The summed E-state index contributed by atoms with van der Waals surface area (Å²) in [7, 11) is 3.86. The highest BCUT2D eigenvalue weighted by atomic mass is 35.5. The van der Waals surface area contributed by atoms with E-state index in [4.69, 9.17) is 11.6 Å². The molecule has 0 saturated carbocycles. The zero-order valence-corrected chi connectivity index (χ0v) is 10.7. The summed E-state index contributed by atoms with van der Waals surface area (Å²) in [6.07, 6.45) is 0. The number of halogens is 1.